The maximum absolute atomic E-state index is 12.7. The lowest BCUT2D eigenvalue weighted by atomic mass is 10.1. The Morgan fingerprint density at radius 3 is 2.69 bits per heavy atom. The fourth-order valence-electron chi connectivity index (χ4n) is 3.49. The second kappa shape index (κ2) is 10.4. The molecule has 2 aromatic carbocycles. The van der Waals surface area contributed by atoms with Crippen LogP contribution in [0.3, 0.4) is 0 Å². The number of hydrogen-bond donors (Lipinski definition) is 3. The summed E-state index contributed by atoms with van der Waals surface area (Å²) < 4.78 is 7.13. The lowest BCUT2D eigenvalue weighted by Gasteiger charge is -2.12. The van der Waals surface area contributed by atoms with Crippen molar-refractivity contribution in [3.8, 4) is 11.4 Å². The van der Waals surface area contributed by atoms with Crippen LogP contribution in [0.5, 0.6) is 5.75 Å². The molecule has 0 aliphatic carbocycles. The van der Waals surface area contributed by atoms with E-state index in [0.29, 0.717) is 28.1 Å². The van der Waals surface area contributed by atoms with E-state index in [2.05, 4.69) is 25.5 Å². The average molecular weight is 493 g/mol. The Labute approximate surface area is 204 Å². The summed E-state index contributed by atoms with van der Waals surface area (Å²) in [6.45, 7) is 3.91. The number of H-pyrrole nitrogens is 2. The molecule has 1 amide bonds. The minimum atomic E-state index is -0.599. The highest BCUT2D eigenvalue weighted by atomic mass is 32.2. The van der Waals surface area contributed by atoms with Crippen LogP contribution < -0.4 is 21.3 Å². The molecule has 0 aliphatic heterocycles. The van der Waals surface area contributed by atoms with Gasteiger partial charge in [0, 0.05) is 29.9 Å². The molecule has 11 heteroatoms. The van der Waals surface area contributed by atoms with Gasteiger partial charge in [-0.1, -0.05) is 30.0 Å². The summed E-state index contributed by atoms with van der Waals surface area (Å²) in [6.07, 6.45) is 0.151. The zero-order valence-electron chi connectivity index (χ0n) is 19.4. The Balaban J connectivity index is 1.62. The van der Waals surface area contributed by atoms with Gasteiger partial charge in [0.1, 0.15) is 11.6 Å². The molecule has 0 saturated heterocycles. The van der Waals surface area contributed by atoms with Crippen molar-refractivity contribution in [3.63, 3.8) is 0 Å². The molecule has 2 aromatic heterocycles. The van der Waals surface area contributed by atoms with Gasteiger partial charge in [0.15, 0.2) is 5.16 Å². The Kier molecular flexibility index (Phi) is 7.16. The van der Waals surface area contributed by atoms with Crippen molar-refractivity contribution in [3.05, 3.63) is 92.0 Å². The van der Waals surface area contributed by atoms with E-state index in [1.54, 1.807) is 11.7 Å². The number of carbonyl (C=O) groups excluding carboxylic acids is 1. The van der Waals surface area contributed by atoms with Gasteiger partial charge in [0.05, 0.1) is 18.6 Å². The van der Waals surface area contributed by atoms with Gasteiger partial charge < -0.3 is 15.0 Å². The summed E-state index contributed by atoms with van der Waals surface area (Å²) in [5.41, 5.74) is 2.80. The minimum absolute atomic E-state index is 0.108. The molecular formula is C24H24N6O4S. The van der Waals surface area contributed by atoms with Crippen LogP contribution in [0, 0.1) is 13.8 Å². The van der Waals surface area contributed by atoms with Crippen molar-refractivity contribution in [1.82, 2.24) is 24.7 Å². The van der Waals surface area contributed by atoms with Crippen molar-refractivity contribution in [1.29, 1.82) is 0 Å². The fourth-order valence-corrected chi connectivity index (χ4v) is 4.26. The first-order valence-corrected chi connectivity index (χ1v) is 11.7. The number of aromatic amines is 2. The van der Waals surface area contributed by atoms with Crippen molar-refractivity contribution < 1.29 is 9.53 Å². The number of methoxy groups -OCH3 is 1. The lowest BCUT2D eigenvalue weighted by Crippen LogP contribution is -2.23. The number of anilines is 1. The van der Waals surface area contributed by atoms with Crippen LogP contribution in [0.15, 0.2) is 63.3 Å². The molecule has 4 aromatic rings. The SMILES string of the molecule is COc1cccc(-n2c(Cc3cc(=O)[nH]c(=O)[nH]3)nnc2SCC(=O)Nc2cc(C)ccc2C)c1. The number of aromatic nitrogens is 5. The Hall–Kier alpha value is -4.12. The molecular weight excluding hydrogens is 468 g/mol. The maximum atomic E-state index is 12.7. The fraction of sp³-hybridized carbons (Fsp3) is 0.208. The van der Waals surface area contributed by atoms with Gasteiger partial charge in [-0.05, 0) is 43.2 Å². The lowest BCUT2D eigenvalue weighted by molar-refractivity contribution is -0.113. The van der Waals surface area contributed by atoms with Crippen LogP contribution in [0.2, 0.25) is 0 Å². The van der Waals surface area contributed by atoms with Crippen LogP contribution in [0.1, 0.15) is 22.6 Å². The van der Waals surface area contributed by atoms with E-state index in [0.717, 1.165) is 16.8 Å². The summed E-state index contributed by atoms with van der Waals surface area (Å²) in [7, 11) is 1.57. The first-order chi connectivity index (χ1) is 16.8. The van der Waals surface area contributed by atoms with Gasteiger partial charge in [-0.25, -0.2) is 4.79 Å². The molecule has 0 bridgehead atoms. The first-order valence-electron chi connectivity index (χ1n) is 10.7. The summed E-state index contributed by atoms with van der Waals surface area (Å²) >= 11 is 1.23. The van der Waals surface area contributed by atoms with E-state index in [1.165, 1.54) is 17.8 Å². The van der Waals surface area contributed by atoms with Gasteiger partial charge in [-0.3, -0.25) is 19.1 Å². The molecule has 0 radical (unpaired) electrons. The molecule has 0 fully saturated rings. The Bertz CT molecular complexity index is 1460. The Morgan fingerprint density at radius 2 is 1.91 bits per heavy atom. The molecule has 3 N–H and O–H groups in total. The van der Waals surface area contributed by atoms with Crippen LogP contribution in [-0.2, 0) is 11.2 Å². The van der Waals surface area contributed by atoms with Crippen LogP contribution in [-0.4, -0.2) is 43.5 Å². The number of ether oxygens (including phenoxy) is 1. The molecule has 0 atom stereocenters. The van der Waals surface area contributed by atoms with Gasteiger partial charge in [0.25, 0.3) is 5.56 Å². The Morgan fingerprint density at radius 1 is 1.09 bits per heavy atom. The number of amides is 1. The zero-order valence-corrected chi connectivity index (χ0v) is 20.2. The zero-order chi connectivity index (χ0) is 24.9. The molecule has 0 unspecified atom stereocenters. The number of hydrogen-bond acceptors (Lipinski definition) is 7. The number of carbonyl (C=O) groups is 1. The van der Waals surface area contributed by atoms with E-state index < -0.39 is 11.2 Å². The largest absolute Gasteiger partial charge is 0.497 e. The maximum Gasteiger partial charge on any atom is 0.325 e. The quantitative estimate of drug-likeness (QED) is 0.322. The number of thioether (sulfide) groups is 1. The molecule has 4 rings (SSSR count). The molecule has 0 saturated carbocycles. The number of aryl methyl sites for hydroxylation is 2. The van der Waals surface area contributed by atoms with E-state index in [1.807, 2.05) is 56.3 Å². The van der Waals surface area contributed by atoms with E-state index in [-0.39, 0.29) is 18.1 Å². The second-order valence-electron chi connectivity index (χ2n) is 7.88. The molecule has 0 aliphatic rings. The second-order valence-corrected chi connectivity index (χ2v) is 8.82. The van der Waals surface area contributed by atoms with E-state index in [4.69, 9.17) is 4.74 Å². The molecule has 10 nitrogen and oxygen atoms in total. The van der Waals surface area contributed by atoms with Crippen molar-refractivity contribution in [2.75, 3.05) is 18.2 Å². The molecule has 35 heavy (non-hydrogen) atoms. The molecule has 180 valence electrons. The smallest absolute Gasteiger partial charge is 0.325 e. The van der Waals surface area contributed by atoms with Crippen LogP contribution in [0.4, 0.5) is 5.69 Å². The third-order valence-electron chi connectivity index (χ3n) is 5.18. The predicted octanol–water partition coefficient (Wildman–Crippen LogP) is 2.59. The standard InChI is InChI=1S/C24H24N6O4S/c1-14-7-8-15(2)19(9-14)26-22(32)13-35-24-29-28-20(10-16-11-21(31)27-23(33)25-16)30(24)17-5-4-6-18(12-17)34-3/h4-9,11-12H,10,13H2,1-3H3,(H,26,32)(H2,25,27,31,33). The van der Waals surface area contributed by atoms with Gasteiger partial charge in [-0.2, -0.15) is 0 Å². The average Bonchev–Trinajstić information content (AvgIpc) is 3.21. The third-order valence-corrected chi connectivity index (χ3v) is 6.11. The highest BCUT2D eigenvalue weighted by Gasteiger charge is 2.18. The summed E-state index contributed by atoms with van der Waals surface area (Å²) in [4.78, 5) is 40.9. The number of nitrogens with one attached hydrogen (secondary N) is 3. The first kappa shape index (κ1) is 24.0. The van der Waals surface area contributed by atoms with Crippen molar-refractivity contribution in [2.24, 2.45) is 0 Å². The third kappa shape index (κ3) is 5.87. The summed E-state index contributed by atoms with van der Waals surface area (Å²) in [6, 6.07) is 14.5. The van der Waals surface area contributed by atoms with Crippen LogP contribution >= 0.6 is 11.8 Å². The summed E-state index contributed by atoms with van der Waals surface area (Å²) in [5.74, 6) is 1.05. The molecule has 0 spiro atoms. The van der Waals surface area contributed by atoms with E-state index in [9.17, 15) is 14.4 Å². The monoisotopic (exact) mass is 492 g/mol. The van der Waals surface area contributed by atoms with E-state index >= 15 is 0 Å². The van der Waals surface area contributed by atoms with Crippen molar-refractivity contribution >= 4 is 23.4 Å². The number of rotatable bonds is 8. The van der Waals surface area contributed by atoms with Gasteiger partial charge in [0.2, 0.25) is 5.91 Å². The number of benzene rings is 2. The normalized spacial score (nSPS) is 10.8. The van der Waals surface area contributed by atoms with Gasteiger partial charge in [-0.15, -0.1) is 10.2 Å². The van der Waals surface area contributed by atoms with Crippen LogP contribution in [0.25, 0.3) is 5.69 Å². The topological polar surface area (TPSA) is 135 Å². The summed E-state index contributed by atoms with van der Waals surface area (Å²) in [5, 5.41) is 12.0. The molecule has 2 heterocycles. The minimum Gasteiger partial charge on any atom is -0.497 e. The number of nitrogens with zero attached hydrogens (tertiary/aromatic N) is 3. The van der Waals surface area contributed by atoms with Gasteiger partial charge >= 0.3 is 5.69 Å². The highest BCUT2D eigenvalue weighted by molar-refractivity contribution is 7.99. The predicted molar refractivity (Wildman–Crippen MR) is 134 cm³/mol. The van der Waals surface area contributed by atoms with Crippen molar-refractivity contribution in [2.45, 2.75) is 25.4 Å². The highest BCUT2D eigenvalue weighted by Crippen LogP contribution is 2.26.